The fraction of sp³-hybridized carbons (Fsp3) is 0.833. The standard InChI is InChI=1S/C12H19N3O3/c1-16-12(3-2-4-12)11-14-10(18-15-11)7-9-8-17-6-5-13-9/h9,13H,2-8H2,1H3. The van der Waals surface area contributed by atoms with Gasteiger partial charge in [-0.15, -0.1) is 0 Å². The molecule has 6 nitrogen and oxygen atoms in total. The van der Waals surface area contributed by atoms with Crippen LogP contribution in [0.5, 0.6) is 0 Å². The maximum Gasteiger partial charge on any atom is 0.228 e. The summed E-state index contributed by atoms with van der Waals surface area (Å²) >= 11 is 0. The molecule has 18 heavy (non-hydrogen) atoms. The zero-order valence-electron chi connectivity index (χ0n) is 10.6. The van der Waals surface area contributed by atoms with Gasteiger partial charge in [0.05, 0.1) is 13.2 Å². The van der Waals surface area contributed by atoms with Crippen LogP contribution in [-0.2, 0) is 21.5 Å². The first-order chi connectivity index (χ1) is 8.82. The molecule has 0 bridgehead atoms. The van der Waals surface area contributed by atoms with Gasteiger partial charge in [-0.3, -0.25) is 0 Å². The van der Waals surface area contributed by atoms with Gasteiger partial charge in [0.2, 0.25) is 11.7 Å². The molecule has 100 valence electrons. The highest BCUT2D eigenvalue weighted by molar-refractivity contribution is 5.07. The van der Waals surface area contributed by atoms with Gasteiger partial charge in [0.15, 0.2) is 0 Å². The van der Waals surface area contributed by atoms with Crippen molar-refractivity contribution in [1.82, 2.24) is 15.5 Å². The van der Waals surface area contributed by atoms with Crippen LogP contribution < -0.4 is 5.32 Å². The molecule has 3 rings (SSSR count). The van der Waals surface area contributed by atoms with Gasteiger partial charge >= 0.3 is 0 Å². The Balaban J connectivity index is 1.65. The van der Waals surface area contributed by atoms with Gasteiger partial charge in [-0.1, -0.05) is 5.16 Å². The van der Waals surface area contributed by atoms with E-state index in [1.54, 1.807) is 7.11 Å². The first kappa shape index (κ1) is 12.1. The summed E-state index contributed by atoms with van der Waals surface area (Å²) in [4.78, 5) is 4.47. The largest absolute Gasteiger partial charge is 0.378 e. The van der Waals surface area contributed by atoms with Crippen LogP contribution in [0.15, 0.2) is 4.52 Å². The molecule has 1 saturated heterocycles. The van der Waals surface area contributed by atoms with Crippen molar-refractivity contribution >= 4 is 0 Å². The van der Waals surface area contributed by atoms with E-state index in [1.807, 2.05) is 0 Å². The lowest BCUT2D eigenvalue weighted by molar-refractivity contribution is -0.0858. The third kappa shape index (κ3) is 2.15. The van der Waals surface area contributed by atoms with Crippen molar-refractivity contribution in [2.45, 2.75) is 37.3 Å². The second-order valence-electron chi connectivity index (χ2n) is 4.99. The fourth-order valence-electron chi connectivity index (χ4n) is 2.50. The van der Waals surface area contributed by atoms with Crippen molar-refractivity contribution in [3.8, 4) is 0 Å². The smallest absolute Gasteiger partial charge is 0.228 e. The minimum Gasteiger partial charge on any atom is -0.378 e. The molecule has 1 aliphatic heterocycles. The predicted molar refractivity (Wildman–Crippen MR) is 63.1 cm³/mol. The number of hydrogen-bond acceptors (Lipinski definition) is 6. The van der Waals surface area contributed by atoms with Gasteiger partial charge < -0.3 is 19.3 Å². The van der Waals surface area contributed by atoms with E-state index in [0.717, 1.165) is 32.4 Å². The van der Waals surface area contributed by atoms with Crippen molar-refractivity contribution in [2.24, 2.45) is 0 Å². The second kappa shape index (κ2) is 4.95. The number of morpholine rings is 1. The lowest BCUT2D eigenvalue weighted by Gasteiger charge is -2.37. The van der Waals surface area contributed by atoms with Crippen molar-refractivity contribution < 1.29 is 14.0 Å². The molecule has 0 amide bonds. The topological polar surface area (TPSA) is 69.4 Å². The molecule has 2 aliphatic rings. The molecular formula is C12H19N3O3. The number of rotatable bonds is 4. The van der Waals surface area contributed by atoms with Crippen LogP contribution in [0.4, 0.5) is 0 Å². The molecule has 2 heterocycles. The molecule has 1 atom stereocenters. The van der Waals surface area contributed by atoms with E-state index in [4.69, 9.17) is 14.0 Å². The van der Waals surface area contributed by atoms with E-state index < -0.39 is 0 Å². The van der Waals surface area contributed by atoms with Gasteiger partial charge in [0, 0.05) is 26.1 Å². The average Bonchev–Trinajstić information content (AvgIpc) is 2.79. The van der Waals surface area contributed by atoms with E-state index in [9.17, 15) is 0 Å². The lowest BCUT2D eigenvalue weighted by atomic mass is 9.79. The second-order valence-corrected chi connectivity index (χ2v) is 4.99. The Kier molecular flexibility index (Phi) is 3.32. The number of ether oxygens (including phenoxy) is 2. The predicted octanol–water partition coefficient (Wildman–Crippen LogP) is 0.626. The number of methoxy groups -OCH3 is 1. The molecule has 0 radical (unpaired) electrons. The number of aromatic nitrogens is 2. The summed E-state index contributed by atoms with van der Waals surface area (Å²) in [5.41, 5.74) is -0.293. The van der Waals surface area contributed by atoms with Crippen LogP contribution in [0.1, 0.15) is 31.0 Å². The Morgan fingerprint density at radius 1 is 1.50 bits per heavy atom. The van der Waals surface area contributed by atoms with Gasteiger partial charge in [-0.05, 0) is 19.3 Å². The van der Waals surface area contributed by atoms with Gasteiger partial charge in [0.25, 0.3) is 0 Å². The van der Waals surface area contributed by atoms with Gasteiger partial charge in [0.1, 0.15) is 5.60 Å². The van der Waals surface area contributed by atoms with Crippen molar-refractivity contribution in [1.29, 1.82) is 0 Å². The maximum absolute atomic E-state index is 5.54. The molecule has 1 aromatic heterocycles. The van der Waals surface area contributed by atoms with Crippen LogP contribution in [0.2, 0.25) is 0 Å². The molecule has 1 N–H and O–H groups in total. The summed E-state index contributed by atoms with van der Waals surface area (Å²) in [5.74, 6) is 1.36. The molecule has 0 spiro atoms. The molecule has 2 fully saturated rings. The van der Waals surface area contributed by atoms with Crippen LogP contribution in [0.3, 0.4) is 0 Å². The Morgan fingerprint density at radius 2 is 2.39 bits per heavy atom. The summed E-state index contributed by atoms with van der Waals surface area (Å²) in [6.45, 7) is 2.36. The van der Waals surface area contributed by atoms with E-state index >= 15 is 0 Å². The van der Waals surface area contributed by atoms with E-state index in [2.05, 4.69) is 15.5 Å². The SMILES string of the molecule is COC1(c2noc(CC3COCCN3)n2)CCC1. The number of hydrogen-bond donors (Lipinski definition) is 1. The summed E-state index contributed by atoms with van der Waals surface area (Å²) in [7, 11) is 1.71. The Bertz CT molecular complexity index is 392. The summed E-state index contributed by atoms with van der Waals surface area (Å²) in [5, 5.41) is 7.44. The van der Waals surface area contributed by atoms with Gasteiger partial charge in [-0.25, -0.2) is 0 Å². The minimum atomic E-state index is -0.293. The molecular weight excluding hydrogens is 234 g/mol. The first-order valence-electron chi connectivity index (χ1n) is 6.52. The average molecular weight is 253 g/mol. The fourth-order valence-corrected chi connectivity index (χ4v) is 2.50. The highest BCUT2D eigenvalue weighted by atomic mass is 16.5. The first-order valence-corrected chi connectivity index (χ1v) is 6.52. The zero-order chi connectivity index (χ0) is 12.4. The summed E-state index contributed by atoms with van der Waals surface area (Å²) in [6, 6.07) is 0.270. The van der Waals surface area contributed by atoms with Crippen LogP contribution >= 0.6 is 0 Å². The van der Waals surface area contributed by atoms with Crippen LogP contribution in [0, 0.1) is 0 Å². The normalized spacial score (nSPS) is 26.8. The highest BCUT2D eigenvalue weighted by Crippen LogP contribution is 2.42. The lowest BCUT2D eigenvalue weighted by Crippen LogP contribution is -2.42. The summed E-state index contributed by atoms with van der Waals surface area (Å²) < 4.78 is 16.3. The maximum atomic E-state index is 5.54. The highest BCUT2D eigenvalue weighted by Gasteiger charge is 2.43. The third-order valence-electron chi connectivity index (χ3n) is 3.85. The minimum absolute atomic E-state index is 0.270. The van der Waals surface area contributed by atoms with Crippen molar-refractivity contribution in [2.75, 3.05) is 26.9 Å². The Labute approximate surface area is 106 Å². The van der Waals surface area contributed by atoms with Crippen molar-refractivity contribution in [3.05, 3.63) is 11.7 Å². The molecule has 1 saturated carbocycles. The number of nitrogens with zero attached hydrogens (tertiary/aromatic N) is 2. The third-order valence-corrected chi connectivity index (χ3v) is 3.85. The molecule has 1 aliphatic carbocycles. The summed E-state index contributed by atoms with van der Waals surface area (Å²) in [6.07, 6.45) is 3.84. The van der Waals surface area contributed by atoms with Gasteiger partial charge in [-0.2, -0.15) is 4.98 Å². The monoisotopic (exact) mass is 253 g/mol. The molecule has 6 heteroatoms. The Morgan fingerprint density at radius 3 is 3.00 bits per heavy atom. The van der Waals surface area contributed by atoms with Crippen LogP contribution in [-0.4, -0.2) is 43.1 Å². The molecule has 1 unspecified atom stereocenters. The molecule has 0 aromatic carbocycles. The van der Waals surface area contributed by atoms with E-state index in [1.165, 1.54) is 0 Å². The zero-order valence-corrected chi connectivity index (χ0v) is 10.6. The van der Waals surface area contributed by atoms with E-state index in [-0.39, 0.29) is 11.6 Å². The van der Waals surface area contributed by atoms with Crippen molar-refractivity contribution in [3.63, 3.8) is 0 Å². The van der Waals surface area contributed by atoms with Crippen LogP contribution in [0.25, 0.3) is 0 Å². The Hall–Kier alpha value is -0.980. The molecule has 1 aromatic rings. The quantitative estimate of drug-likeness (QED) is 0.848. The number of nitrogens with one attached hydrogen (secondary N) is 1. The van der Waals surface area contributed by atoms with E-state index in [0.29, 0.717) is 24.7 Å².